The Hall–Kier alpha value is -1.86. The third kappa shape index (κ3) is 8.18. The molecule has 7 heteroatoms. The molecule has 2 rings (SSSR count). The smallest absolute Gasteiger partial charge is 0.251 e. The van der Waals surface area contributed by atoms with E-state index in [9.17, 15) is 4.79 Å². The van der Waals surface area contributed by atoms with Crippen LogP contribution in [0.2, 0.25) is 0 Å². The van der Waals surface area contributed by atoms with E-state index in [4.69, 9.17) is 5.73 Å². The number of benzene rings is 2. The van der Waals surface area contributed by atoms with Crippen molar-refractivity contribution in [2.24, 2.45) is 10.7 Å². The third-order valence-corrected chi connectivity index (χ3v) is 3.88. The Morgan fingerprint density at radius 1 is 1.00 bits per heavy atom. The molecule has 0 bridgehead atoms. The van der Waals surface area contributed by atoms with Crippen LogP contribution in [-0.4, -0.2) is 31.5 Å². The van der Waals surface area contributed by atoms with Gasteiger partial charge in [0.05, 0.1) is 0 Å². The summed E-state index contributed by atoms with van der Waals surface area (Å²) < 4.78 is 0.945. The topological polar surface area (TPSA) is 79.5 Å². The second-order valence-electron chi connectivity index (χ2n) is 5.19. The normalized spacial score (nSPS) is 10.7. The summed E-state index contributed by atoms with van der Waals surface area (Å²) in [5.41, 5.74) is 7.66. The molecule has 1 amide bonds. The fraction of sp³-hybridized carbons (Fsp3) is 0.222. The first kappa shape index (κ1) is 21.2. The van der Waals surface area contributed by atoms with Crippen molar-refractivity contribution in [3.8, 4) is 0 Å². The van der Waals surface area contributed by atoms with Crippen LogP contribution in [0.5, 0.6) is 0 Å². The molecular formula is C18H22Br2N4O. The lowest BCUT2D eigenvalue weighted by Crippen LogP contribution is -2.38. The molecule has 0 heterocycles. The fourth-order valence-corrected chi connectivity index (χ4v) is 2.34. The maximum absolute atomic E-state index is 11.9. The summed E-state index contributed by atoms with van der Waals surface area (Å²) in [6.07, 6.45) is 0.851. The predicted molar refractivity (Wildman–Crippen MR) is 111 cm³/mol. The van der Waals surface area contributed by atoms with E-state index >= 15 is 0 Å². The third-order valence-electron chi connectivity index (χ3n) is 3.35. The number of amides is 1. The number of guanidine groups is 1. The van der Waals surface area contributed by atoms with Crippen molar-refractivity contribution in [1.82, 2.24) is 10.6 Å². The lowest BCUT2D eigenvalue weighted by Gasteiger charge is -2.08. The number of nitrogens with zero attached hydrogens (tertiary/aromatic N) is 1. The molecular weight excluding hydrogens is 448 g/mol. The average molecular weight is 470 g/mol. The van der Waals surface area contributed by atoms with Crippen LogP contribution in [0.4, 0.5) is 0 Å². The fourth-order valence-electron chi connectivity index (χ4n) is 2.08. The molecule has 4 N–H and O–H groups in total. The second-order valence-corrected chi connectivity index (χ2v) is 6.11. The molecule has 5 nitrogen and oxygen atoms in total. The number of nitrogens with two attached hydrogens (primary N) is 1. The van der Waals surface area contributed by atoms with Gasteiger partial charge < -0.3 is 16.4 Å². The van der Waals surface area contributed by atoms with Crippen molar-refractivity contribution >= 4 is 44.8 Å². The molecule has 0 atom stereocenters. The Morgan fingerprint density at radius 3 is 2.32 bits per heavy atom. The molecule has 134 valence electrons. The maximum atomic E-state index is 11.9. The molecule has 2 aromatic carbocycles. The first-order valence-electron chi connectivity index (χ1n) is 7.76. The van der Waals surface area contributed by atoms with Crippen LogP contribution in [0.15, 0.2) is 64.1 Å². The zero-order valence-corrected chi connectivity index (χ0v) is 17.0. The van der Waals surface area contributed by atoms with Crippen molar-refractivity contribution in [2.75, 3.05) is 19.6 Å². The van der Waals surface area contributed by atoms with Gasteiger partial charge in [-0.3, -0.25) is 9.79 Å². The Balaban J connectivity index is 0.00000312. The number of hydrogen-bond acceptors (Lipinski definition) is 2. The molecule has 0 aliphatic carbocycles. The summed E-state index contributed by atoms with van der Waals surface area (Å²) in [4.78, 5) is 16.2. The summed E-state index contributed by atoms with van der Waals surface area (Å²) >= 11 is 3.34. The Kier molecular flexibility index (Phi) is 9.87. The highest BCUT2D eigenvalue weighted by Gasteiger charge is 2.03. The van der Waals surface area contributed by atoms with Gasteiger partial charge in [-0.15, -0.1) is 17.0 Å². The minimum Gasteiger partial charge on any atom is -0.370 e. The molecule has 0 fully saturated rings. The second kappa shape index (κ2) is 11.7. The van der Waals surface area contributed by atoms with Crippen molar-refractivity contribution in [2.45, 2.75) is 6.42 Å². The number of nitrogens with one attached hydrogen (secondary N) is 2. The summed E-state index contributed by atoms with van der Waals surface area (Å²) in [5, 5.41) is 5.82. The summed E-state index contributed by atoms with van der Waals surface area (Å²) in [5.74, 6) is 0.285. The van der Waals surface area contributed by atoms with E-state index in [2.05, 4.69) is 43.7 Å². The van der Waals surface area contributed by atoms with Gasteiger partial charge in [-0.1, -0.05) is 46.3 Å². The van der Waals surface area contributed by atoms with E-state index in [1.807, 2.05) is 30.3 Å². The Morgan fingerprint density at radius 2 is 1.64 bits per heavy atom. The zero-order chi connectivity index (χ0) is 17.2. The molecule has 2 aromatic rings. The number of halogens is 2. The molecule has 0 aliphatic rings. The lowest BCUT2D eigenvalue weighted by atomic mass is 10.2. The first-order valence-corrected chi connectivity index (χ1v) is 8.56. The van der Waals surface area contributed by atoms with E-state index in [0.717, 1.165) is 10.9 Å². The van der Waals surface area contributed by atoms with Gasteiger partial charge in [-0.25, -0.2) is 0 Å². The molecule has 0 saturated carbocycles. The van der Waals surface area contributed by atoms with E-state index in [1.165, 1.54) is 5.56 Å². The molecule has 0 unspecified atom stereocenters. The van der Waals surface area contributed by atoms with Gasteiger partial charge in [-0.2, -0.15) is 0 Å². The highest BCUT2D eigenvalue weighted by Crippen LogP contribution is 2.10. The van der Waals surface area contributed by atoms with E-state index in [-0.39, 0.29) is 22.9 Å². The van der Waals surface area contributed by atoms with Crippen molar-refractivity contribution < 1.29 is 4.79 Å². The maximum Gasteiger partial charge on any atom is 0.251 e. The number of hydrogen-bond donors (Lipinski definition) is 3. The van der Waals surface area contributed by atoms with Crippen LogP contribution in [0.25, 0.3) is 0 Å². The van der Waals surface area contributed by atoms with Crippen LogP contribution in [0.3, 0.4) is 0 Å². The predicted octanol–water partition coefficient (Wildman–Crippen LogP) is 2.90. The van der Waals surface area contributed by atoms with E-state index in [1.54, 1.807) is 12.1 Å². The van der Waals surface area contributed by atoms with Gasteiger partial charge >= 0.3 is 0 Å². The van der Waals surface area contributed by atoms with Gasteiger partial charge in [-0.05, 0) is 36.2 Å². The van der Waals surface area contributed by atoms with Crippen molar-refractivity contribution in [3.05, 3.63) is 70.2 Å². The van der Waals surface area contributed by atoms with Crippen molar-refractivity contribution in [3.63, 3.8) is 0 Å². The molecule has 0 aromatic heterocycles. The lowest BCUT2D eigenvalue weighted by molar-refractivity contribution is 0.0954. The van der Waals surface area contributed by atoms with Gasteiger partial charge in [0, 0.05) is 29.7 Å². The van der Waals surface area contributed by atoms with Gasteiger partial charge in [0.15, 0.2) is 5.96 Å². The van der Waals surface area contributed by atoms with Crippen LogP contribution in [0, 0.1) is 0 Å². The van der Waals surface area contributed by atoms with E-state index in [0.29, 0.717) is 31.2 Å². The first-order chi connectivity index (χ1) is 11.6. The number of carbonyl (C=O) groups is 1. The monoisotopic (exact) mass is 468 g/mol. The summed E-state index contributed by atoms with van der Waals surface area (Å²) in [6.45, 7) is 1.64. The number of carbonyl (C=O) groups excluding carboxylic acids is 1. The molecule has 0 spiro atoms. The molecule has 25 heavy (non-hydrogen) atoms. The highest BCUT2D eigenvalue weighted by molar-refractivity contribution is 9.10. The number of rotatable bonds is 7. The zero-order valence-electron chi connectivity index (χ0n) is 13.7. The minimum atomic E-state index is -0.108. The quantitative estimate of drug-likeness (QED) is 0.331. The van der Waals surface area contributed by atoms with Gasteiger partial charge in [0.2, 0.25) is 0 Å². The van der Waals surface area contributed by atoms with Crippen molar-refractivity contribution in [1.29, 1.82) is 0 Å². The number of aliphatic imine (C=N–C) groups is 1. The largest absolute Gasteiger partial charge is 0.370 e. The summed E-state index contributed by atoms with van der Waals surface area (Å²) in [7, 11) is 0. The molecule has 0 aliphatic heterocycles. The molecule has 0 saturated heterocycles. The van der Waals surface area contributed by atoms with Crippen LogP contribution >= 0.6 is 32.9 Å². The highest BCUT2D eigenvalue weighted by atomic mass is 79.9. The average Bonchev–Trinajstić information content (AvgIpc) is 2.60. The van der Waals surface area contributed by atoms with Crippen LogP contribution in [-0.2, 0) is 6.42 Å². The van der Waals surface area contributed by atoms with Gasteiger partial charge in [0.1, 0.15) is 0 Å². The SMILES string of the molecule is Br.NC(=NCCc1ccccc1)NCCNC(=O)c1ccc(Br)cc1. The Labute approximate surface area is 167 Å². The van der Waals surface area contributed by atoms with Crippen LogP contribution in [0.1, 0.15) is 15.9 Å². The Bertz CT molecular complexity index is 675. The van der Waals surface area contributed by atoms with Crippen LogP contribution < -0.4 is 16.4 Å². The molecule has 0 radical (unpaired) electrons. The van der Waals surface area contributed by atoms with Gasteiger partial charge in [0.25, 0.3) is 5.91 Å². The minimum absolute atomic E-state index is 0. The summed E-state index contributed by atoms with van der Waals surface area (Å²) in [6, 6.07) is 17.4. The standard InChI is InChI=1S/C18H21BrN4O.BrH/c19-16-8-6-15(7-9-16)17(24)21-12-13-23-18(20)22-11-10-14-4-2-1-3-5-14;/h1-9H,10-13H2,(H,21,24)(H3,20,22,23);1H. The van der Waals surface area contributed by atoms with E-state index < -0.39 is 0 Å².